The lowest BCUT2D eigenvalue weighted by molar-refractivity contribution is 0.0955. The molecule has 0 unspecified atom stereocenters. The van der Waals surface area contributed by atoms with Gasteiger partial charge in [-0.25, -0.2) is 10.1 Å². The molecule has 0 aliphatic carbocycles. The van der Waals surface area contributed by atoms with Gasteiger partial charge < -0.3 is 9.64 Å². The van der Waals surface area contributed by atoms with Gasteiger partial charge in [-0.1, -0.05) is 12.1 Å². The highest BCUT2D eigenvalue weighted by Gasteiger charge is 2.10. The Kier molecular flexibility index (Phi) is 5.34. The average molecular weight is 377 g/mol. The van der Waals surface area contributed by atoms with Gasteiger partial charge in [-0.15, -0.1) is 5.10 Å². The largest absolute Gasteiger partial charge is 0.378 e. The Morgan fingerprint density at radius 2 is 1.75 bits per heavy atom. The molecule has 0 spiro atoms. The molecule has 1 N–H and O–H groups in total. The second kappa shape index (κ2) is 8.40. The number of nitrogens with zero attached hydrogens (tertiary/aromatic N) is 6. The molecule has 0 bridgehead atoms. The van der Waals surface area contributed by atoms with E-state index >= 15 is 0 Å². The number of hydrogen-bond acceptors (Lipinski definition) is 7. The highest BCUT2D eigenvalue weighted by Crippen LogP contribution is 2.16. The summed E-state index contributed by atoms with van der Waals surface area (Å²) in [6.45, 7) is 3.31. The number of hydrazone groups is 1. The topological polar surface area (TPSA) is 97.5 Å². The van der Waals surface area contributed by atoms with E-state index in [4.69, 9.17) is 4.74 Å². The Morgan fingerprint density at radius 3 is 2.43 bits per heavy atom. The molecule has 9 heteroatoms. The molecule has 1 saturated heterocycles. The van der Waals surface area contributed by atoms with Crippen molar-refractivity contribution in [1.82, 2.24) is 25.6 Å². The summed E-state index contributed by atoms with van der Waals surface area (Å²) in [5, 5.41) is 15.0. The zero-order valence-corrected chi connectivity index (χ0v) is 15.1. The van der Waals surface area contributed by atoms with E-state index in [1.54, 1.807) is 30.5 Å². The molecule has 1 fully saturated rings. The molecule has 4 rings (SSSR count). The number of hydrogen-bond donors (Lipinski definition) is 1. The van der Waals surface area contributed by atoms with Crippen LogP contribution in [0.5, 0.6) is 0 Å². The lowest BCUT2D eigenvalue weighted by Crippen LogP contribution is -2.36. The second-order valence-corrected chi connectivity index (χ2v) is 6.19. The number of ether oxygens (including phenoxy) is 1. The number of rotatable bonds is 5. The summed E-state index contributed by atoms with van der Waals surface area (Å²) in [5.41, 5.74) is 5.87. The predicted octanol–water partition coefficient (Wildman–Crippen LogP) is 1.26. The minimum Gasteiger partial charge on any atom is -0.378 e. The first-order chi connectivity index (χ1) is 13.8. The Hall–Kier alpha value is -3.59. The Morgan fingerprint density at radius 1 is 1.04 bits per heavy atom. The van der Waals surface area contributed by atoms with Crippen LogP contribution in [0.1, 0.15) is 15.9 Å². The fourth-order valence-corrected chi connectivity index (χ4v) is 2.87. The fraction of sp³-hybridized carbons (Fsp3) is 0.211. The van der Waals surface area contributed by atoms with E-state index < -0.39 is 0 Å². The minimum atomic E-state index is -0.288. The maximum atomic E-state index is 12.2. The third-order valence-corrected chi connectivity index (χ3v) is 4.39. The first kappa shape index (κ1) is 17.8. The number of carbonyl (C=O) groups is 1. The first-order valence-corrected chi connectivity index (χ1v) is 8.89. The maximum absolute atomic E-state index is 12.2. The number of anilines is 1. The van der Waals surface area contributed by atoms with Crippen LogP contribution in [0.3, 0.4) is 0 Å². The number of amides is 1. The van der Waals surface area contributed by atoms with Gasteiger partial charge in [0, 0.05) is 24.3 Å². The summed E-state index contributed by atoms with van der Waals surface area (Å²) in [7, 11) is 0. The molecule has 1 aromatic heterocycles. The van der Waals surface area contributed by atoms with Crippen LogP contribution < -0.4 is 10.3 Å². The molecule has 3 aromatic rings. The average Bonchev–Trinajstić information content (AvgIpc) is 3.30. The van der Waals surface area contributed by atoms with Crippen LogP contribution in [0.25, 0.3) is 5.69 Å². The van der Waals surface area contributed by atoms with Crippen molar-refractivity contribution in [2.45, 2.75) is 0 Å². The van der Waals surface area contributed by atoms with Crippen molar-refractivity contribution in [2.24, 2.45) is 5.10 Å². The number of aromatic nitrogens is 4. The summed E-state index contributed by atoms with van der Waals surface area (Å²) < 4.78 is 6.88. The van der Waals surface area contributed by atoms with Crippen LogP contribution in [-0.4, -0.2) is 58.6 Å². The van der Waals surface area contributed by atoms with Crippen LogP contribution in [0.4, 0.5) is 5.69 Å². The third kappa shape index (κ3) is 4.21. The fourth-order valence-electron chi connectivity index (χ4n) is 2.87. The molecular formula is C19H19N7O2. The number of carbonyl (C=O) groups excluding carboxylic acids is 1. The molecule has 0 radical (unpaired) electrons. The van der Waals surface area contributed by atoms with Gasteiger partial charge in [-0.2, -0.15) is 5.10 Å². The van der Waals surface area contributed by atoms with Crippen molar-refractivity contribution < 1.29 is 9.53 Å². The summed E-state index contributed by atoms with van der Waals surface area (Å²) in [6.07, 6.45) is 3.11. The van der Waals surface area contributed by atoms with Gasteiger partial charge in [0.1, 0.15) is 6.33 Å². The molecule has 2 aromatic carbocycles. The number of morpholine rings is 1. The number of tetrazole rings is 1. The van der Waals surface area contributed by atoms with Crippen molar-refractivity contribution in [3.05, 3.63) is 66.0 Å². The van der Waals surface area contributed by atoms with Gasteiger partial charge in [-0.05, 0) is 52.4 Å². The predicted molar refractivity (Wildman–Crippen MR) is 104 cm³/mol. The summed E-state index contributed by atoms with van der Waals surface area (Å²) in [5.74, 6) is -0.288. The van der Waals surface area contributed by atoms with Crippen LogP contribution in [0.2, 0.25) is 0 Å². The van der Waals surface area contributed by atoms with Gasteiger partial charge >= 0.3 is 0 Å². The van der Waals surface area contributed by atoms with Crippen LogP contribution >= 0.6 is 0 Å². The van der Waals surface area contributed by atoms with Crippen molar-refractivity contribution in [2.75, 3.05) is 31.2 Å². The molecule has 2 heterocycles. The molecule has 1 amide bonds. The molecule has 0 saturated carbocycles. The van der Waals surface area contributed by atoms with Gasteiger partial charge in [0.25, 0.3) is 5.91 Å². The van der Waals surface area contributed by atoms with E-state index in [1.165, 1.54) is 11.0 Å². The number of benzene rings is 2. The summed E-state index contributed by atoms with van der Waals surface area (Å²) >= 11 is 0. The van der Waals surface area contributed by atoms with Gasteiger partial charge in [0.15, 0.2) is 0 Å². The lowest BCUT2D eigenvalue weighted by atomic mass is 10.2. The third-order valence-electron chi connectivity index (χ3n) is 4.39. The lowest BCUT2D eigenvalue weighted by Gasteiger charge is -2.28. The van der Waals surface area contributed by atoms with Crippen molar-refractivity contribution >= 4 is 17.8 Å². The van der Waals surface area contributed by atoms with Crippen molar-refractivity contribution in [1.29, 1.82) is 0 Å². The molecule has 1 aliphatic rings. The Labute approximate surface area is 161 Å². The van der Waals surface area contributed by atoms with Crippen molar-refractivity contribution in [3.8, 4) is 5.69 Å². The van der Waals surface area contributed by atoms with Crippen LogP contribution in [0.15, 0.2) is 60.0 Å². The highest BCUT2D eigenvalue weighted by atomic mass is 16.5. The zero-order chi connectivity index (χ0) is 19.2. The van der Waals surface area contributed by atoms with Crippen molar-refractivity contribution in [3.63, 3.8) is 0 Å². The second-order valence-electron chi connectivity index (χ2n) is 6.19. The Balaban J connectivity index is 1.33. The first-order valence-electron chi connectivity index (χ1n) is 8.89. The standard InChI is InChI=1S/C19H19N7O2/c27-19(16-3-7-18(8-4-16)26-14-21-23-24-26)22-20-13-15-1-5-17(6-2-15)25-9-11-28-12-10-25/h1-8,13-14H,9-12H2,(H,22,27)/b20-13+. The van der Waals surface area contributed by atoms with E-state index in [0.717, 1.165) is 43.2 Å². The number of nitrogens with one attached hydrogen (secondary N) is 1. The van der Waals surface area contributed by atoms with Gasteiger partial charge in [0.05, 0.1) is 25.1 Å². The van der Waals surface area contributed by atoms with E-state index in [1.807, 2.05) is 24.3 Å². The summed E-state index contributed by atoms with van der Waals surface area (Å²) in [4.78, 5) is 14.5. The van der Waals surface area contributed by atoms with Gasteiger partial charge in [-0.3, -0.25) is 4.79 Å². The zero-order valence-electron chi connectivity index (χ0n) is 15.1. The molecule has 142 valence electrons. The molecule has 9 nitrogen and oxygen atoms in total. The Bertz CT molecular complexity index is 931. The van der Waals surface area contributed by atoms with Crippen LogP contribution in [-0.2, 0) is 4.74 Å². The smallest absolute Gasteiger partial charge is 0.271 e. The van der Waals surface area contributed by atoms with Gasteiger partial charge in [0.2, 0.25) is 0 Å². The molecule has 1 aliphatic heterocycles. The normalized spacial score (nSPS) is 14.4. The molecular weight excluding hydrogens is 358 g/mol. The SMILES string of the molecule is O=C(N/N=C/c1ccc(N2CCOCC2)cc1)c1ccc(-n2cnnn2)cc1. The van der Waals surface area contributed by atoms with Crippen LogP contribution in [0, 0.1) is 0 Å². The van der Waals surface area contributed by atoms with E-state index in [-0.39, 0.29) is 5.91 Å². The monoisotopic (exact) mass is 377 g/mol. The van der Waals surface area contributed by atoms with E-state index in [9.17, 15) is 4.79 Å². The molecule has 28 heavy (non-hydrogen) atoms. The van der Waals surface area contributed by atoms with E-state index in [2.05, 4.69) is 31.0 Å². The highest BCUT2D eigenvalue weighted by molar-refractivity contribution is 5.95. The van der Waals surface area contributed by atoms with E-state index in [0.29, 0.717) is 5.56 Å². The quantitative estimate of drug-likeness (QED) is 0.531. The summed E-state index contributed by atoms with van der Waals surface area (Å²) in [6, 6.07) is 15.0. The molecule has 0 atom stereocenters. The minimum absolute atomic E-state index is 0.288. The maximum Gasteiger partial charge on any atom is 0.271 e.